The highest BCUT2D eigenvalue weighted by molar-refractivity contribution is 7.99. The molecule has 0 spiro atoms. The molecule has 1 atom stereocenters. The van der Waals surface area contributed by atoms with Crippen molar-refractivity contribution in [2.24, 2.45) is 0 Å². The van der Waals surface area contributed by atoms with Gasteiger partial charge in [0.1, 0.15) is 12.7 Å². The molecule has 1 aliphatic heterocycles. The van der Waals surface area contributed by atoms with E-state index in [1.54, 1.807) is 11.0 Å². The monoisotopic (exact) mass is 389 g/mol. The van der Waals surface area contributed by atoms with Gasteiger partial charge in [0.2, 0.25) is 5.91 Å². The number of para-hydroxylation sites is 1. The molecule has 1 fully saturated rings. The molecule has 2 heterocycles. The molecule has 1 aliphatic rings. The second-order valence-electron chi connectivity index (χ2n) is 5.23. The Morgan fingerprint density at radius 1 is 1.38 bits per heavy atom. The first kappa shape index (κ1) is 20.8. The number of amides is 1. The normalized spacial score (nSPS) is 16.6. The quantitative estimate of drug-likeness (QED) is 0.819. The van der Waals surface area contributed by atoms with Gasteiger partial charge in [-0.15, -0.1) is 24.8 Å². The average molecular weight is 390 g/mol. The first-order valence-corrected chi connectivity index (χ1v) is 8.48. The predicted molar refractivity (Wildman–Crippen MR) is 102 cm³/mol. The van der Waals surface area contributed by atoms with Crippen LogP contribution in [-0.4, -0.2) is 44.8 Å². The van der Waals surface area contributed by atoms with Crippen molar-refractivity contribution in [3.05, 3.63) is 42.5 Å². The van der Waals surface area contributed by atoms with E-state index in [4.69, 9.17) is 0 Å². The minimum atomic E-state index is 0. The first-order valence-electron chi connectivity index (χ1n) is 7.32. The molecular formula is C15H21Cl2N5OS. The van der Waals surface area contributed by atoms with Crippen LogP contribution in [0.1, 0.15) is 12.0 Å². The van der Waals surface area contributed by atoms with Gasteiger partial charge in [-0.2, -0.15) is 16.9 Å². The zero-order chi connectivity index (χ0) is 15.2. The van der Waals surface area contributed by atoms with Crippen LogP contribution in [0.3, 0.4) is 0 Å². The Hall–Kier alpha value is -1.28. The Morgan fingerprint density at radius 3 is 2.92 bits per heavy atom. The Kier molecular flexibility index (Phi) is 9.13. The Balaban J connectivity index is 0.00000144. The van der Waals surface area contributed by atoms with Gasteiger partial charge in [-0.05, 0) is 11.6 Å². The molecule has 1 aromatic heterocycles. The molecule has 2 N–H and O–H groups in total. The van der Waals surface area contributed by atoms with E-state index in [0.717, 1.165) is 29.3 Å². The number of hydrogen-bond donors (Lipinski definition) is 2. The third kappa shape index (κ3) is 5.98. The topological polar surface area (TPSA) is 71.8 Å². The molecule has 0 aliphatic carbocycles. The van der Waals surface area contributed by atoms with Crippen molar-refractivity contribution in [3.63, 3.8) is 0 Å². The molecule has 0 radical (unpaired) electrons. The molecule has 1 aromatic carbocycles. The lowest BCUT2D eigenvalue weighted by Gasteiger charge is -2.22. The summed E-state index contributed by atoms with van der Waals surface area (Å²) < 4.78 is 1.74. The highest BCUT2D eigenvalue weighted by atomic mass is 35.5. The minimum Gasteiger partial charge on any atom is -0.326 e. The molecule has 6 nitrogen and oxygen atoms in total. The number of nitrogens with zero attached hydrogens (tertiary/aromatic N) is 3. The van der Waals surface area contributed by atoms with Crippen molar-refractivity contribution in [1.29, 1.82) is 0 Å². The van der Waals surface area contributed by atoms with Gasteiger partial charge in [0.15, 0.2) is 0 Å². The molecule has 132 valence electrons. The SMILES string of the molecule is Cl.Cl.O=C(CC1CSCCN1)Nc1ccccc1Cn1cncn1. The van der Waals surface area contributed by atoms with Gasteiger partial charge in [0, 0.05) is 36.2 Å². The van der Waals surface area contributed by atoms with Crippen LogP contribution in [0.15, 0.2) is 36.9 Å². The number of thioether (sulfide) groups is 1. The zero-order valence-electron chi connectivity index (χ0n) is 13.1. The summed E-state index contributed by atoms with van der Waals surface area (Å²) in [5.41, 5.74) is 1.86. The van der Waals surface area contributed by atoms with Crippen molar-refractivity contribution in [2.75, 3.05) is 23.4 Å². The summed E-state index contributed by atoms with van der Waals surface area (Å²) in [6.45, 7) is 1.57. The maximum Gasteiger partial charge on any atom is 0.225 e. The van der Waals surface area contributed by atoms with Gasteiger partial charge in [0.05, 0.1) is 6.54 Å². The van der Waals surface area contributed by atoms with E-state index in [1.165, 1.54) is 6.33 Å². The van der Waals surface area contributed by atoms with Gasteiger partial charge in [0.25, 0.3) is 0 Å². The highest BCUT2D eigenvalue weighted by Crippen LogP contribution is 2.17. The molecule has 9 heteroatoms. The third-order valence-electron chi connectivity index (χ3n) is 3.52. The molecule has 3 rings (SSSR count). The average Bonchev–Trinajstić information content (AvgIpc) is 3.03. The van der Waals surface area contributed by atoms with Gasteiger partial charge in [-0.1, -0.05) is 18.2 Å². The molecular weight excluding hydrogens is 369 g/mol. The van der Waals surface area contributed by atoms with Crippen LogP contribution in [0.2, 0.25) is 0 Å². The minimum absolute atomic E-state index is 0. The van der Waals surface area contributed by atoms with Crippen molar-refractivity contribution in [1.82, 2.24) is 20.1 Å². The molecule has 2 aromatic rings. The molecule has 1 saturated heterocycles. The molecule has 1 amide bonds. The summed E-state index contributed by atoms with van der Waals surface area (Å²) in [6.07, 6.45) is 3.68. The van der Waals surface area contributed by atoms with E-state index in [-0.39, 0.29) is 36.8 Å². The van der Waals surface area contributed by atoms with E-state index in [1.807, 2.05) is 36.0 Å². The second kappa shape index (κ2) is 10.6. The fourth-order valence-corrected chi connectivity index (χ4v) is 3.39. The number of nitrogens with one attached hydrogen (secondary N) is 2. The van der Waals surface area contributed by atoms with E-state index < -0.39 is 0 Å². The molecule has 1 unspecified atom stereocenters. The largest absolute Gasteiger partial charge is 0.326 e. The summed E-state index contributed by atoms with van der Waals surface area (Å²) in [4.78, 5) is 16.2. The molecule has 0 bridgehead atoms. The van der Waals surface area contributed by atoms with Crippen LogP contribution in [0.4, 0.5) is 5.69 Å². The van der Waals surface area contributed by atoms with E-state index in [9.17, 15) is 4.79 Å². The van der Waals surface area contributed by atoms with Crippen molar-refractivity contribution in [2.45, 2.75) is 19.0 Å². The maximum absolute atomic E-state index is 12.2. The van der Waals surface area contributed by atoms with Gasteiger partial charge in [-0.3, -0.25) is 4.79 Å². The summed E-state index contributed by atoms with van der Waals surface area (Å²) in [5, 5.41) is 10.5. The Labute approximate surface area is 158 Å². The third-order valence-corrected chi connectivity index (χ3v) is 4.65. The maximum atomic E-state index is 12.2. The van der Waals surface area contributed by atoms with Gasteiger partial charge < -0.3 is 10.6 Å². The number of anilines is 1. The number of benzene rings is 1. The first-order chi connectivity index (χ1) is 10.8. The van der Waals surface area contributed by atoms with Crippen LogP contribution in [0.25, 0.3) is 0 Å². The van der Waals surface area contributed by atoms with Crippen LogP contribution in [0, 0.1) is 0 Å². The van der Waals surface area contributed by atoms with Gasteiger partial charge >= 0.3 is 0 Å². The lowest BCUT2D eigenvalue weighted by Crippen LogP contribution is -2.40. The zero-order valence-corrected chi connectivity index (χ0v) is 15.5. The van der Waals surface area contributed by atoms with Crippen LogP contribution >= 0.6 is 36.6 Å². The second-order valence-corrected chi connectivity index (χ2v) is 6.38. The van der Waals surface area contributed by atoms with Gasteiger partial charge in [-0.25, -0.2) is 9.67 Å². The number of halogens is 2. The van der Waals surface area contributed by atoms with E-state index in [0.29, 0.717) is 13.0 Å². The predicted octanol–water partition coefficient (Wildman–Crippen LogP) is 2.20. The number of carbonyl (C=O) groups excluding carboxylic acids is 1. The molecule has 24 heavy (non-hydrogen) atoms. The van der Waals surface area contributed by atoms with Crippen LogP contribution < -0.4 is 10.6 Å². The number of hydrogen-bond acceptors (Lipinski definition) is 5. The van der Waals surface area contributed by atoms with Crippen molar-refractivity contribution in [3.8, 4) is 0 Å². The summed E-state index contributed by atoms with van der Waals surface area (Å²) in [6, 6.07) is 8.07. The Morgan fingerprint density at radius 2 is 2.21 bits per heavy atom. The number of aromatic nitrogens is 3. The van der Waals surface area contributed by atoms with Crippen LogP contribution in [0.5, 0.6) is 0 Å². The van der Waals surface area contributed by atoms with E-state index in [2.05, 4.69) is 20.7 Å². The van der Waals surface area contributed by atoms with Crippen LogP contribution in [-0.2, 0) is 11.3 Å². The number of carbonyl (C=O) groups is 1. The highest BCUT2D eigenvalue weighted by Gasteiger charge is 2.17. The number of rotatable bonds is 5. The fourth-order valence-electron chi connectivity index (χ4n) is 2.44. The lowest BCUT2D eigenvalue weighted by molar-refractivity contribution is -0.116. The fraction of sp³-hybridized carbons (Fsp3) is 0.400. The summed E-state index contributed by atoms with van der Waals surface area (Å²) >= 11 is 1.90. The Bertz CT molecular complexity index is 620. The lowest BCUT2D eigenvalue weighted by atomic mass is 10.1. The van der Waals surface area contributed by atoms with Crippen molar-refractivity contribution < 1.29 is 4.79 Å². The summed E-state index contributed by atoms with van der Waals surface area (Å²) in [5.74, 6) is 2.17. The smallest absolute Gasteiger partial charge is 0.225 e. The standard InChI is InChI=1S/C15H19N5OS.2ClH/c21-15(7-13-9-22-6-5-17-13)19-14-4-2-1-3-12(14)8-20-11-16-10-18-20;;/h1-4,10-11,13,17H,5-9H2,(H,19,21);2*1H. The summed E-state index contributed by atoms with van der Waals surface area (Å²) in [7, 11) is 0. The van der Waals surface area contributed by atoms with E-state index >= 15 is 0 Å². The van der Waals surface area contributed by atoms with Crippen molar-refractivity contribution >= 4 is 48.2 Å². The molecule has 0 saturated carbocycles.